The van der Waals surface area contributed by atoms with E-state index in [0.717, 1.165) is 12.8 Å². The summed E-state index contributed by atoms with van der Waals surface area (Å²) in [5.41, 5.74) is 5.69. The van der Waals surface area contributed by atoms with Crippen molar-refractivity contribution in [3.05, 3.63) is 0 Å². The highest BCUT2D eigenvalue weighted by atomic mass is 19.3. The fraction of sp³-hybridized carbons (Fsp3) is 0.889. The molecule has 0 aromatic rings. The Kier molecular flexibility index (Phi) is 2.12. The number of hydrogen-bond acceptors (Lipinski definition) is 1. The molecule has 0 radical (unpaired) electrons. The smallest absolute Gasteiger partial charge is 0.252 e. The van der Waals surface area contributed by atoms with Gasteiger partial charge in [-0.25, -0.2) is 13.8 Å². The molecule has 0 spiro atoms. The van der Waals surface area contributed by atoms with Crippen molar-refractivity contribution in [2.45, 2.75) is 43.7 Å². The van der Waals surface area contributed by atoms with Crippen LogP contribution in [0.1, 0.15) is 25.7 Å². The molecule has 2 aliphatic carbocycles. The molecule has 0 bridgehead atoms. The molecule has 2 rings (SSSR count). The Bertz CT molecular complexity index is 253. The minimum Gasteiger partial charge on any atom is -0.370 e. The molecule has 80 valence electrons. The summed E-state index contributed by atoms with van der Waals surface area (Å²) >= 11 is 0. The molecular formula is C9H15F2N3. The van der Waals surface area contributed by atoms with Gasteiger partial charge >= 0.3 is 0 Å². The highest BCUT2D eigenvalue weighted by molar-refractivity contribution is 5.78. The van der Waals surface area contributed by atoms with Gasteiger partial charge in [-0.1, -0.05) is 0 Å². The minimum absolute atomic E-state index is 0.147. The van der Waals surface area contributed by atoms with Gasteiger partial charge in [-0.2, -0.15) is 0 Å². The highest BCUT2D eigenvalue weighted by Gasteiger charge is 2.45. The monoisotopic (exact) mass is 203 g/mol. The van der Waals surface area contributed by atoms with E-state index >= 15 is 0 Å². The van der Waals surface area contributed by atoms with E-state index in [0.29, 0.717) is 12.0 Å². The van der Waals surface area contributed by atoms with Crippen molar-refractivity contribution < 1.29 is 8.78 Å². The van der Waals surface area contributed by atoms with Crippen LogP contribution in [0.5, 0.6) is 0 Å². The Morgan fingerprint density at radius 3 is 2.43 bits per heavy atom. The van der Waals surface area contributed by atoms with Crippen LogP contribution < -0.4 is 5.73 Å². The maximum atomic E-state index is 12.5. The first-order valence-electron chi connectivity index (χ1n) is 4.92. The van der Waals surface area contributed by atoms with Gasteiger partial charge in [0.1, 0.15) is 0 Å². The van der Waals surface area contributed by atoms with Crippen LogP contribution in [0.3, 0.4) is 0 Å². The van der Waals surface area contributed by atoms with Gasteiger partial charge in [0.25, 0.3) is 5.92 Å². The molecule has 0 aromatic heterocycles. The Labute approximate surface area is 82.0 Å². The Morgan fingerprint density at radius 2 is 2.00 bits per heavy atom. The van der Waals surface area contributed by atoms with Gasteiger partial charge in [0.15, 0.2) is 5.96 Å². The van der Waals surface area contributed by atoms with Crippen LogP contribution in [0.15, 0.2) is 4.99 Å². The van der Waals surface area contributed by atoms with E-state index in [1.165, 1.54) is 0 Å². The number of aliphatic imine (C=N–C) groups is 1. The third kappa shape index (κ3) is 1.96. The Morgan fingerprint density at radius 1 is 1.43 bits per heavy atom. The van der Waals surface area contributed by atoms with Gasteiger partial charge in [-0.15, -0.1) is 0 Å². The summed E-state index contributed by atoms with van der Waals surface area (Å²) in [6.45, 7) is 0. The molecule has 2 saturated carbocycles. The standard InChI is InChI=1S/C9H15F2N3/c1-14(7-2-3-7)8(12)13-6-4-9(10,11)5-6/h6-7H,2-5H2,1H3,(H2,12,13). The lowest BCUT2D eigenvalue weighted by Gasteiger charge is -2.33. The van der Waals surface area contributed by atoms with E-state index in [1.807, 2.05) is 11.9 Å². The molecule has 0 aromatic carbocycles. The predicted molar refractivity (Wildman–Crippen MR) is 50.4 cm³/mol. The largest absolute Gasteiger partial charge is 0.370 e. The molecule has 2 aliphatic rings. The predicted octanol–water partition coefficient (Wildman–Crippen LogP) is 1.19. The van der Waals surface area contributed by atoms with Crippen LogP contribution in [0.25, 0.3) is 0 Å². The molecule has 0 unspecified atom stereocenters. The average Bonchev–Trinajstić information content (AvgIpc) is 2.81. The summed E-state index contributed by atoms with van der Waals surface area (Å²) in [6.07, 6.45) is 1.97. The third-order valence-corrected chi connectivity index (χ3v) is 2.84. The first kappa shape index (κ1) is 9.68. The van der Waals surface area contributed by atoms with Crippen molar-refractivity contribution in [3.63, 3.8) is 0 Å². The topological polar surface area (TPSA) is 41.6 Å². The number of hydrogen-bond donors (Lipinski definition) is 1. The number of nitrogens with zero attached hydrogens (tertiary/aromatic N) is 2. The molecule has 0 heterocycles. The van der Waals surface area contributed by atoms with E-state index in [-0.39, 0.29) is 18.9 Å². The van der Waals surface area contributed by atoms with Crippen LogP contribution >= 0.6 is 0 Å². The SMILES string of the molecule is CN(C(N)=NC1CC(F)(F)C1)C1CC1. The van der Waals surface area contributed by atoms with Gasteiger partial charge < -0.3 is 10.6 Å². The second kappa shape index (κ2) is 3.07. The number of guanidine groups is 1. The Balaban J connectivity index is 1.85. The van der Waals surface area contributed by atoms with Crippen molar-refractivity contribution in [1.29, 1.82) is 0 Å². The van der Waals surface area contributed by atoms with Crippen LogP contribution in [0, 0.1) is 0 Å². The fourth-order valence-electron chi connectivity index (χ4n) is 1.65. The number of rotatable bonds is 2. The van der Waals surface area contributed by atoms with Crippen LogP contribution in [0.2, 0.25) is 0 Å². The zero-order chi connectivity index (χ0) is 10.3. The van der Waals surface area contributed by atoms with Gasteiger partial charge in [-0.05, 0) is 12.8 Å². The zero-order valence-corrected chi connectivity index (χ0v) is 8.21. The summed E-state index contributed by atoms with van der Waals surface area (Å²) in [7, 11) is 1.87. The van der Waals surface area contributed by atoms with Gasteiger partial charge in [0.05, 0.1) is 6.04 Å². The minimum atomic E-state index is -2.51. The highest BCUT2D eigenvalue weighted by Crippen LogP contribution is 2.39. The molecule has 2 fully saturated rings. The van der Waals surface area contributed by atoms with E-state index in [9.17, 15) is 8.78 Å². The third-order valence-electron chi connectivity index (χ3n) is 2.84. The lowest BCUT2D eigenvalue weighted by atomic mass is 9.89. The molecule has 0 amide bonds. The van der Waals surface area contributed by atoms with Crippen molar-refractivity contribution in [3.8, 4) is 0 Å². The molecule has 3 nitrogen and oxygen atoms in total. The summed E-state index contributed by atoms with van der Waals surface area (Å²) in [5, 5.41) is 0. The fourth-order valence-corrected chi connectivity index (χ4v) is 1.65. The number of nitrogens with two attached hydrogens (primary N) is 1. The zero-order valence-electron chi connectivity index (χ0n) is 8.21. The molecule has 0 atom stereocenters. The van der Waals surface area contributed by atoms with E-state index in [2.05, 4.69) is 4.99 Å². The van der Waals surface area contributed by atoms with Crippen molar-refractivity contribution in [1.82, 2.24) is 4.90 Å². The summed E-state index contributed by atoms with van der Waals surface area (Å²) in [6, 6.07) is 0.213. The van der Waals surface area contributed by atoms with Crippen LogP contribution in [0.4, 0.5) is 8.78 Å². The summed E-state index contributed by atoms with van der Waals surface area (Å²) in [4.78, 5) is 5.96. The molecular weight excluding hydrogens is 188 g/mol. The van der Waals surface area contributed by atoms with E-state index in [4.69, 9.17) is 5.73 Å². The molecule has 5 heteroatoms. The van der Waals surface area contributed by atoms with Crippen molar-refractivity contribution >= 4 is 5.96 Å². The number of alkyl halides is 2. The second-order valence-electron chi connectivity index (χ2n) is 4.25. The lowest BCUT2D eigenvalue weighted by molar-refractivity contribution is -0.0836. The first-order valence-corrected chi connectivity index (χ1v) is 4.92. The lowest BCUT2D eigenvalue weighted by Crippen LogP contribution is -2.43. The van der Waals surface area contributed by atoms with Gasteiger partial charge in [0, 0.05) is 25.9 Å². The van der Waals surface area contributed by atoms with E-state index < -0.39 is 5.92 Å². The first-order chi connectivity index (χ1) is 6.48. The molecule has 0 aliphatic heterocycles. The van der Waals surface area contributed by atoms with Crippen molar-refractivity contribution in [2.75, 3.05) is 7.05 Å². The maximum Gasteiger partial charge on any atom is 0.252 e. The van der Waals surface area contributed by atoms with Crippen LogP contribution in [-0.4, -0.2) is 35.9 Å². The number of halogens is 2. The Hall–Kier alpha value is -0.870. The normalized spacial score (nSPS) is 27.2. The van der Waals surface area contributed by atoms with E-state index in [1.54, 1.807) is 0 Å². The van der Waals surface area contributed by atoms with Crippen LogP contribution in [-0.2, 0) is 0 Å². The molecule has 2 N–H and O–H groups in total. The molecule has 0 saturated heterocycles. The van der Waals surface area contributed by atoms with Gasteiger partial charge in [-0.3, -0.25) is 0 Å². The summed E-state index contributed by atoms with van der Waals surface area (Å²) in [5.74, 6) is -2.10. The summed E-state index contributed by atoms with van der Waals surface area (Å²) < 4.78 is 25.0. The second-order valence-corrected chi connectivity index (χ2v) is 4.25. The quantitative estimate of drug-likeness (QED) is 0.541. The maximum absolute atomic E-state index is 12.5. The van der Waals surface area contributed by atoms with Gasteiger partial charge in [0.2, 0.25) is 0 Å². The van der Waals surface area contributed by atoms with Crippen molar-refractivity contribution in [2.24, 2.45) is 10.7 Å². The molecule has 14 heavy (non-hydrogen) atoms. The average molecular weight is 203 g/mol.